The van der Waals surface area contributed by atoms with Gasteiger partial charge in [0.05, 0.1) is 0 Å². The molecule has 150 valence electrons. The lowest BCUT2D eigenvalue weighted by Gasteiger charge is -2.24. The third-order valence-electron chi connectivity index (χ3n) is 5.14. The van der Waals surface area contributed by atoms with Gasteiger partial charge in [0.2, 0.25) is 5.95 Å². The highest BCUT2D eigenvalue weighted by Gasteiger charge is 2.22. The normalized spacial score (nSPS) is 16.6. The lowest BCUT2D eigenvalue weighted by atomic mass is 10.1. The van der Waals surface area contributed by atoms with Gasteiger partial charge >= 0.3 is 0 Å². The van der Waals surface area contributed by atoms with Gasteiger partial charge in [-0.2, -0.15) is 4.98 Å². The number of imidazole rings is 1. The fraction of sp³-hybridized carbons (Fsp3) is 0.368. The molecular weight excluding hydrogens is 378 g/mol. The fourth-order valence-electron chi connectivity index (χ4n) is 3.69. The van der Waals surface area contributed by atoms with E-state index < -0.39 is 5.91 Å². The molecule has 1 aliphatic rings. The average Bonchev–Trinajstić information content (AvgIpc) is 3.17. The molecule has 1 aromatic carbocycles. The van der Waals surface area contributed by atoms with E-state index in [9.17, 15) is 4.79 Å². The number of benzene rings is 1. The molecule has 28 heavy (non-hydrogen) atoms. The Morgan fingerprint density at radius 3 is 2.86 bits per heavy atom. The van der Waals surface area contributed by atoms with Crippen LogP contribution in [0.5, 0.6) is 0 Å². The summed E-state index contributed by atoms with van der Waals surface area (Å²) in [5, 5.41) is 11.2. The number of carbonyl (C=O) groups is 1. The summed E-state index contributed by atoms with van der Waals surface area (Å²) in [6.07, 6.45) is 4.19. The van der Waals surface area contributed by atoms with Crippen LogP contribution >= 0.6 is 12.4 Å². The van der Waals surface area contributed by atoms with Crippen molar-refractivity contribution in [3.05, 3.63) is 36.2 Å². The van der Waals surface area contributed by atoms with Crippen LogP contribution in [0.25, 0.3) is 10.9 Å². The van der Waals surface area contributed by atoms with Crippen molar-refractivity contribution in [1.29, 1.82) is 0 Å². The van der Waals surface area contributed by atoms with Crippen molar-refractivity contribution < 1.29 is 4.79 Å². The Kier molecular flexibility index (Phi) is 5.81. The van der Waals surface area contributed by atoms with Crippen molar-refractivity contribution in [3.63, 3.8) is 0 Å². The van der Waals surface area contributed by atoms with E-state index in [1.54, 1.807) is 11.6 Å². The van der Waals surface area contributed by atoms with Gasteiger partial charge in [-0.25, -0.2) is 0 Å². The highest BCUT2D eigenvalue weighted by Crippen LogP contribution is 2.29. The minimum atomic E-state index is -0.512. The predicted octanol–water partition coefficient (Wildman–Crippen LogP) is 2.34. The number of hydrogen-bond donors (Lipinski definition) is 4. The minimum Gasteiger partial charge on any atom is -0.364 e. The summed E-state index contributed by atoms with van der Waals surface area (Å²) in [6, 6.07) is 8.32. The summed E-state index contributed by atoms with van der Waals surface area (Å²) >= 11 is 0. The second-order valence-electron chi connectivity index (χ2n) is 7.03. The van der Waals surface area contributed by atoms with Crippen LogP contribution in [-0.4, -0.2) is 39.2 Å². The molecule has 1 fully saturated rings. The van der Waals surface area contributed by atoms with E-state index in [2.05, 4.69) is 31.6 Å². The van der Waals surface area contributed by atoms with Crippen molar-refractivity contribution >= 4 is 46.7 Å². The molecule has 3 heterocycles. The zero-order chi connectivity index (χ0) is 19.0. The Labute approximate surface area is 169 Å². The van der Waals surface area contributed by atoms with Crippen molar-refractivity contribution in [2.45, 2.75) is 18.9 Å². The molecule has 0 spiro atoms. The molecule has 0 saturated carbocycles. The van der Waals surface area contributed by atoms with Crippen LogP contribution in [0.2, 0.25) is 0 Å². The van der Waals surface area contributed by atoms with Gasteiger partial charge in [-0.1, -0.05) is 6.07 Å². The molecule has 1 atom stereocenters. The lowest BCUT2D eigenvalue weighted by molar-refractivity contribution is 0.0993. The second kappa shape index (κ2) is 8.12. The summed E-state index contributed by atoms with van der Waals surface area (Å²) < 4.78 is 3.78. The highest BCUT2D eigenvalue weighted by molar-refractivity contribution is 6.00. The number of fused-ring (bicyclic) bond motifs is 1. The van der Waals surface area contributed by atoms with Crippen LogP contribution in [-0.2, 0) is 14.1 Å². The van der Waals surface area contributed by atoms with Crippen molar-refractivity contribution in [2.24, 2.45) is 19.8 Å². The minimum absolute atomic E-state index is 0. The van der Waals surface area contributed by atoms with Crippen LogP contribution < -0.4 is 21.7 Å². The molecule has 5 N–H and O–H groups in total. The number of aromatic nitrogens is 3. The number of piperidine rings is 1. The smallest absolute Gasteiger partial charge is 0.269 e. The summed E-state index contributed by atoms with van der Waals surface area (Å²) in [4.78, 5) is 16.7. The topological polar surface area (TPSA) is 102 Å². The number of hydrogen-bond acceptors (Lipinski definition) is 5. The van der Waals surface area contributed by atoms with E-state index in [1.165, 1.54) is 0 Å². The fourth-order valence-corrected chi connectivity index (χ4v) is 3.69. The molecule has 0 unspecified atom stereocenters. The molecule has 1 amide bonds. The summed E-state index contributed by atoms with van der Waals surface area (Å²) in [7, 11) is 3.81. The average molecular weight is 404 g/mol. The Hall–Kier alpha value is -2.71. The first-order valence-corrected chi connectivity index (χ1v) is 9.19. The molecule has 9 heteroatoms. The number of rotatable bonds is 5. The van der Waals surface area contributed by atoms with E-state index in [-0.39, 0.29) is 18.4 Å². The molecule has 0 bridgehead atoms. The largest absolute Gasteiger partial charge is 0.364 e. The van der Waals surface area contributed by atoms with Crippen molar-refractivity contribution in [3.8, 4) is 0 Å². The van der Waals surface area contributed by atoms with E-state index >= 15 is 0 Å². The number of halogens is 1. The zero-order valence-electron chi connectivity index (χ0n) is 16.0. The molecule has 8 nitrogen and oxygen atoms in total. The van der Waals surface area contributed by atoms with Gasteiger partial charge in [0, 0.05) is 49.5 Å². The van der Waals surface area contributed by atoms with Gasteiger partial charge in [-0.3, -0.25) is 4.79 Å². The number of aryl methyl sites for hydroxylation is 1. The van der Waals surface area contributed by atoms with E-state index in [1.807, 2.05) is 31.4 Å². The first-order chi connectivity index (χ1) is 13.0. The van der Waals surface area contributed by atoms with Gasteiger partial charge in [0.15, 0.2) is 11.5 Å². The number of amides is 1. The molecule has 0 radical (unpaired) electrons. The lowest BCUT2D eigenvalue weighted by Crippen LogP contribution is -2.39. The van der Waals surface area contributed by atoms with Gasteiger partial charge in [0.25, 0.3) is 5.91 Å². The Bertz CT molecular complexity index is 988. The maximum absolute atomic E-state index is 12.1. The highest BCUT2D eigenvalue weighted by atomic mass is 35.5. The Morgan fingerprint density at radius 1 is 1.32 bits per heavy atom. The summed E-state index contributed by atoms with van der Waals surface area (Å²) in [5.74, 6) is 0.593. The third kappa shape index (κ3) is 3.65. The van der Waals surface area contributed by atoms with Crippen LogP contribution in [0, 0.1) is 0 Å². The van der Waals surface area contributed by atoms with Crippen molar-refractivity contribution in [1.82, 2.24) is 19.4 Å². The van der Waals surface area contributed by atoms with E-state index in [4.69, 9.17) is 5.73 Å². The molecule has 4 rings (SSSR count). The monoisotopic (exact) mass is 403 g/mol. The second-order valence-corrected chi connectivity index (χ2v) is 7.03. The number of nitrogens with zero attached hydrogens (tertiary/aromatic N) is 3. The van der Waals surface area contributed by atoms with Crippen molar-refractivity contribution in [2.75, 3.05) is 23.7 Å². The quantitative estimate of drug-likeness (QED) is 0.523. The summed E-state index contributed by atoms with van der Waals surface area (Å²) in [6.45, 7) is 1.92. The van der Waals surface area contributed by atoms with Crippen LogP contribution in [0.4, 0.5) is 17.5 Å². The molecular formula is C19H26ClN7O. The number of anilines is 3. The number of nitrogens with two attached hydrogens (primary N) is 1. The Morgan fingerprint density at radius 2 is 2.14 bits per heavy atom. The van der Waals surface area contributed by atoms with E-state index in [0.717, 1.165) is 42.5 Å². The summed E-state index contributed by atoms with van der Waals surface area (Å²) in [5.41, 5.74) is 7.99. The van der Waals surface area contributed by atoms with Crippen LogP contribution in [0.1, 0.15) is 23.3 Å². The van der Waals surface area contributed by atoms with Gasteiger partial charge in [0.1, 0.15) is 0 Å². The Balaban J connectivity index is 0.00000225. The zero-order valence-corrected chi connectivity index (χ0v) is 16.8. The molecule has 3 aromatic rings. The van der Waals surface area contributed by atoms with Gasteiger partial charge < -0.3 is 30.8 Å². The first kappa shape index (κ1) is 20.0. The van der Waals surface area contributed by atoms with Crippen LogP contribution in [0.3, 0.4) is 0 Å². The first-order valence-electron chi connectivity index (χ1n) is 9.19. The number of carbonyl (C=O) groups excluding carboxylic acids is 1. The number of nitrogens with one attached hydrogen (secondary N) is 3. The maximum Gasteiger partial charge on any atom is 0.269 e. The van der Waals surface area contributed by atoms with Gasteiger partial charge in [-0.15, -0.1) is 12.4 Å². The standard InChI is InChI=1S/C19H25N7O.ClH/c1-25-10-8-13-14(6-3-7-15(13)25)23-18-16(17(20)27)26(2)19(24-18)22-12-5-4-9-21-11-12;/h3,6-8,10,12,21,23H,4-5,9,11H2,1-2H3,(H2,20,27)(H,22,24);1H/t12-;/m0./s1. The molecule has 2 aromatic heterocycles. The molecule has 0 aliphatic carbocycles. The molecule has 1 saturated heterocycles. The molecule has 1 aliphatic heterocycles. The van der Waals surface area contributed by atoms with Crippen LogP contribution in [0.15, 0.2) is 30.5 Å². The maximum atomic E-state index is 12.1. The SMILES string of the molecule is Cl.Cn1c(N[C@H]2CCCNC2)nc(Nc2cccc3c2ccn3C)c1C(N)=O. The predicted molar refractivity (Wildman–Crippen MR) is 115 cm³/mol. The van der Waals surface area contributed by atoms with Gasteiger partial charge in [-0.05, 0) is 37.6 Å². The number of primary amides is 1. The van der Waals surface area contributed by atoms with E-state index in [0.29, 0.717) is 17.5 Å². The third-order valence-corrected chi connectivity index (χ3v) is 5.14.